The summed E-state index contributed by atoms with van der Waals surface area (Å²) in [5.74, 6) is -0.194. The van der Waals surface area contributed by atoms with Crippen LogP contribution < -0.4 is 10.6 Å². The number of hydrogen-bond donors (Lipinski definition) is 2. The van der Waals surface area contributed by atoms with Crippen molar-refractivity contribution in [1.29, 1.82) is 0 Å². The van der Waals surface area contributed by atoms with E-state index in [1.165, 1.54) is 12.1 Å². The second-order valence-corrected chi connectivity index (χ2v) is 4.63. The van der Waals surface area contributed by atoms with E-state index in [2.05, 4.69) is 10.6 Å². The van der Waals surface area contributed by atoms with Gasteiger partial charge in [0.05, 0.1) is 0 Å². The zero-order valence-electron chi connectivity index (χ0n) is 10.6. The van der Waals surface area contributed by atoms with E-state index >= 15 is 0 Å². The summed E-state index contributed by atoms with van der Waals surface area (Å²) in [6.45, 7) is 3.60. The fourth-order valence-electron chi connectivity index (χ4n) is 2.13. The number of halogens is 1. The zero-order valence-corrected chi connectivity index (χ0v) is 10.6. The Balaban J connectivity index is 1.55. The third-order valence-electron chi connectivity index (χ3n) is 3.16. The summed E-state index contributed by atoms with van der Waals surface area (Å²) in [6.07, 6.45) is 3.25. The highest BCUT2D eigenvalue weighted by Crippen LogP contribution is 2.09. The Labute approximate surface area is 108 Å². The predicted octanol–water partition coefficient (Wildman–Crippen LogP) is 2.40. The molecule has 3 nitrogen and oxygen atoms in total. The van der Waals surface area contributed by atoms with E-state index in [1.54, 1.807) is 6.07 Å². The molecule has 0 spiro atoms. The summed E-state index contributed by atoms with van der Waals surface area (Å²) in [5.41, 5.74) is 0.848. The third kappa shape index (κ3) is 4.63. The summed E-state index contributed by atoms with van der Waals surface area (Å²) in [7, 11) is 0. The molecule has 0 amide bonds. The molecule has 0 radical (unpaired) electrons. The summed E-state index contributed by atoms with van der Waals surface area (Å²) < 4.78 is 18.2. The van der Waals surface area contributed by atoms with E-state index in [1.807, 2.05) is 6.07 Å². The minimum Gasteiger partial charge on any atom is -0.385 e. The van der Waals surface area contributed by atoms with Crippen LogP contribution in [0.5, 0.6) is 0 Å². The first kappa shape index (κ1) is 13.3. The van der Waals surface area contributed by atoms with Crippen LogP contribution in [-0.4, -0.2) is 32.3 Å². The molecule has 18 heavy (non-hydrogen) atoms. The number of anilines is 1. The predicted molar refractivity (Wildman–Crippen MR) is 71.4 cm³/mol. The van der Waals surface area contributed by atoms with E-state index in [0.717, 1.165) is 51.3 Å². The Morgan fingerprint density at radius 2 is 2.06 bits per heavy atom. The van der Waals surface area contributed by atoms with E-state index in [-0.39, 0.29) is 5.82 Å². The van der Waals surface area contributed by atoms with Crippen LogP contribution in [0.1, 0.15) is 19.3 Å². The van der Waals surface area contributed by atoms with Gasteiger partial charge in [0, 0.05) is 31.5 Å². The molecule has 1 saturated heterocycles. The number of ether oxygens (including phenoxy) is 1. The number of hydrogen-bond acceptors (Lipinski definition) is 3. The minimum atomic E-state index is -0.194. The van der Waals surface area contributed by atoms with Gasteiger partial charge in [-0.3, -0.25) is 0 Å². The summed E-state index contributed by atoms with van der Waals surface area (Å²) in [4.78, 5) is 0. The van der Waals surface area contributed by atoms with Gasteiger partial charge in [-0.2, -0.15) is 0 Å². The highest BCUT2D eigenvalue weighted by molar-refractivity contribution is 5.42. The van der Waals surface area contributed by atoms with Crippen molar-refractivity contribution < 1.29 is 9.13 Å². The van der Waals surface area contributed by atoms with Gasteiger partial charge < -0.3 is 15.4 Å². The van der Waals surface area contributed by atoms with Gasteiger partial charge in [-0.1, -0.05) is 6.07 Å². The fourth-order valence-corrected chi connectivity index (χ4v) is 2.13. The molecule has 1 aromatic carbocycles. The van der Waals surface area contributed by atoms with Crippen LogP contribution in [0.2, 0.25) is 0 Å². The van der Waals surface area contributed by atoms with Crippen LogP contribution in [-0.2, 0) is 4.74 Å². The molecule has 1 aliphatic rings. The Kier molecular flexibility index (Phi) is 5.42. The molecule has 1 fully saturated rings. The maximum atomic E-state index is 12.9. The van der Waals surface area contributed by atoms with E-state index in [9.17, 15) is 4.39 Å². The molecule has 2 rings (SSSR count). The molecule has 0 unspecified atom stereocenters. The van der Waals surface area contributed by atoms with Crippen LogP contribution in [0.3, 0.4) is 0 Å². The first-order valence-electron chi connectivity index (χ1n) is 6.65. The van der Waals surface area contributed by atoms with Crippen molar-refractivity contribution in [3.8, 4) is 0 Å². The quantitative estimate of drug-likeness (QED) is 0.763. The monoisotopic (exact) mass is 252 g/mol. The standard InChI is InChI=1S/C14H21FN2O/c15-12-3-1-4-14(11-12)17-8-2-7-16-13-5-9-18-10-6-13/h1,3-4,11,13,16-17H,2,5-10H2. The lowest BCUT2D eigenvalue weighted by Gasteiger charge is -2.23. The maximum absolute atomic E-state index is 12.9. The van der Waals surface area contributed by atoms with Crippen molar-refractivity contribution >= 4 is 5.69 Å². The summed E-state index contributed by atoms with van der Waals surface area (Å²) in [6, 6.07) is 7.18. The first-order valence-corrected chi connectivity index (χ1v) is 6.65. The summed E-state index contributed by atoms with van der Waals surface area (Å²) >= 11 is 0. The van der Waals surface area contributed by atoms with Gasteiger partial charge in [0.15, 0.2) is 0 Å². The molecule has 0 atom stereocenters. The normalized spacial score (nSPS) is 16.7. The third-order valence-corrected chi connectivity index (χ3v) is 3.16. The molecule has 1 aliphatic heterocycles. The second-order valence-electron chi connectivity index (χ2n) is 4.63. The zero-order chi connectivity index (χ0) is 12.6. The van der Waals surface area contributed by atoms with Gasteiger partial charge in [0.2, 0.25) is 0 Å². The number of nitrogens with one attached hydrogen (secondary N) is 2. The van der Waals surface area contributed by atoms with Crippen molar-refractivity contribution in [3.63, 3.8) is 0 Å². The molecular weight excluding hydrogens is 231 g/mol. The van der Waals surface area contributed by atoms with Crippen molar-refractivity contribution in [3.05, 3.63) is 30.1 Å². The van der Waals surface area contributed by atoms with Gasteiger partial charge in [-0.25, -0.2) is 4.39 Å². The number of rotatable bonds is 6. The molecule has 0 aromatic heterocycles. The molecule has 0 aliphatic carbocycles. The Bertz CT molecular complexity index is 353. The lowest BCUT2D eigenvalue weighted by atomic mass is 10.1. The lowest BCUT2D eigenvalue weighted by molar-refractivity contribution is 0.0781. The lowest BCUT2D eigenvalue weighted by Crippen LogP contribution is -2.35. The average Bonchev–Trinajstić information content (AvgIpc) is 2.40. The van der Waals surface area contributed by atoms with Crippen molar-refractivity contribution in [1.82, 2.24) is 5.32 Å². The van der Waals surface area contributed by atoms with Gasteiger partial charge in [0.25, 0.3) is 0 Å². The SMILES string of the molecule is Fc1cccc(NCCCNC2CCOCC2)c1. The molecule has 0 saturated carbocycles. The van der Waals surface area contributed by atoms with Crippen LogP contribution >= 0.6 is 0 Å². The molecule has 0 bridgehead atoms. The Hall–Kier alpha value is -1.13. The average molecular weight is 252 g/mol. The molecule has 100 valence electrons. The van der Waals surface area contributed by atoms with Crippen molar-refractivity contribution in [2.45, 2.75) is 25.3 Å². The molecule has 1 aromatic rings. The van der Waals surface area contributed by atoms with Gasteiger partial charge in [-0.05, 0) is 44.0 Å². The number of benzene rings is 1. The van der Waals surface area contributed by atoms with Crippen LogP contribution in [0.25, 0.3) is 0 Å². The van der Waals surface area contributed by atoms with Gasteiger partial charge in [0.1, 0.15) is 5.82 Å². The highest BCUT2D eigenvalue weighted by atomic mass is 19.1. The summed E-state index contributed by atoms with van der Waals surface area (Å²) in [5, 5.41) is 6.74. The molecule has 4 heteroatoms. The van der Waals surface area contributed by atoms with Crippen molar-refractivity contribution in [2.75, 3.05) is 31.6 Å². The van der Waals surface area contributed by atoms with E-state index in [4.69, 9.17) is 4.74 Å². The maximum Gasteiger partial charge on any atom is 0.125 e. The first-order chi connectivity index (χ1) is 8.84. The Morgan fingerprint density at radius 1 is 1.22 bits per heavy atom. The molecule has 2 N–H and O–H groups in total. The van der Waals surface area contributed by atoms with Crippen LogP contribution in [0.15, 0.2) is 24.3 Å². The Morgan fingerprint density at radius 3 is 2.83 bits per heavy atom. The minimum absolute atomic E-state index is 0.194. The van der Waals surface area contributed by atoms with E-state index < -0.39 is 0 Å². The van der Waals surface area contributed by atoms with Crippen molar-refractivity contribution in [2.24, 2.45) is 0 Å². The van der Waals surface area contributed by atoms with Crippen LogP contribution in [0.4, 0.5) is 10.1 Å². The molecular formula is C14H21FN2O. The van der Waals surface area contributed by atoms with Gasteiger partial charge in [-0.15, -0.1) is 0 Å². The second kappa shape index (κ2) is 7.34. The van der Waals surface area contributed by atoms with Gasteiger partial charge >= 0.3 is 0 Å². The molecule has 1 heterocycles. The highest BCUT2D eigenvalue weighted by Gasteiger charge is 2.11. The van der Waals surface area contributed by atoms with Crippen LogP contribution in [0, 0.1) is 5.82 Å². The van der Waals surface area contributed by atoms with E-state index in [0.29, 0.717) is 6.04 Å². The topological polar surface area (TPSA) is 33.3 Å². The fraction of sp³-hybridized carbons (Fsp3) is 0.571. The largest absolute Gasteiger partial charge is 0.385 e. The smallest absolute Gasteiger partial charge is 0.125 e.